The van der Waals surface area contributed by atoms with Gasteiger partial charge in [-0.3, -0.25) is 9.59 Å². The van der Waals surface area contributed by atoms with E-state index in [4.69, 9.17) is 4.42 Å². The summed E-state index contributed by atoms with van der Waals surface area (Å²) in [5, 5.41) is 13.6. The van der Waals surface area contributed by atoms with Crippen LogP contribution in [0.4, 0.5) is 0 Å². The molecule has 0 saturated carbocycles. The van der Waals surface area contributed by atoms with Crippen molar-refractivity contribution < 1.29 is 14.0 Å². The highest BCUT2D eigenvalue weighted by Crippen LogP contribution is 2.41. The number of furan rings is 1. The summed E-state index contributed by atoms with van der Waals surface area (Å²) in [5.41, 5.74) is 4.40. The zero-order valence-electron chi connectivity index (χ0n) is 16.8. The van der Waals surface area contributed by atoms with Gasteiger partial charge in [0.1, 0.15) is 5.76 Å². The molecule has 1 aromatic heterocycles. The van der Waals surface area contributed by atoms with Crippen LogP contribution in [0.25, 0.3) is 0 Å². The Morgan fingerprint density at radius 3 is 2.55 bits per heavy atom. The number of ketones is 2. The lowest BCUT2D eigenvalue weighted by Gasteiger charge is -2.27. The number of allylic oxidation sites excluding steroid dienone is 3. The van der Waals surface area contributed by atoms with Crippen molar-refractivity contribution in [1.82, 2.24) is 5.32 Å². The van der Waals surface area contributed by atoms with E-state index in [0.29, 0.717) is 33.2 Å². The molecule has 0 aliphatic carbocycles. The van der Waals surface area contributed by atoms with Crippen molar-refractivity contribution in [2.45, 2.75) is 33.6 Å². The Morgan fingerprint density at radius 2 is 1.97 bits per heavy atom. The first kappa shape index (κ1) is 20.7. The monoisotopic (exact) mass is 406 g/mol. The molecule has 1 aromatic carbocycles. The van der Waals surface area contributed by atoms with Crippen LogP contribution in [0.3, 0.4) is 0 Å². The molecule has 148 valence electrons. The van der Waals surface area contributed by atoms with Crippen LogP contribution in [0.15, 0.2) is 62.9 Å². The van der Waals surface area contributed by atoms with Gasteiger partial charge in [0.15, 0.2) is 11.6 Å². The number of Topliss-reactive ketones (excluding diaryl/α,β-unsaturated/α-hetero) is 2. The van der Waals surface area contributed by atoms with Crippen molar-refractivity contribution in [1.29, 1.82) is 5.26 Å². The third kappa shape index (κ3) is 4.20. The molecule has 0 spiro atoms. The minimum atomic E-state index is -0.576. The Balaban J connectivity index is 1.90. The van der Waals surface area contributed by atoms with Gasteiger partial charge < -0.3 is 9.73 Å². The lowest BCUT2D eigenvalue weighted by molar-refractivity contribution is -0.113. The fraction of sp³-hybridized carbons (Fsp3) is 0.261. The van der Waals surface area contributed by atoms with Crippen molar-refractivity contribution in [3.05, 3.63) is 80.9 Å². The lowest BCUT2D eigenvalue weighted by atomic mass is 9.84. The number of benzene rings is 1. The van der Waals surface area contributed by atoms with E-state index in [1.54, 1.807) is 19.1 Å². The van der Waals surface area contributed by atoms with E-state index < -0.39 is 5.92 Å². The van der Waals surface area contributed by atoms with Gasteiger partial charge in [0.25, 0.3) is 0 Å². The van der Waals surface area contributed by atoms with Gasteiger partial charge in [-0.15, -0.1) is 0 Å². The van der Waals surface area contributed by atoms with E-state index in [-0.39, 0.29) is 17.3 Å². The quantitative estimate of drug-likeness (QED) is 0.694. The van der Waals surface area contributed by atoms with Gasteiger partial charge in [0.05, 0.1) is 34.6 Å². The highest BCUT2D eigenvalue weighted by atomic mass is 32.2. The molecule has 0 bridgehead atoms. The molecule has 1 atom stereocenters. The summed E-state index contributed by atoms with van der Waals surface area (Å²) in [4.78, 5) is 24.9. The maximum absolute atomic E-state index is 12.7. The van der Waals surface area contributed by atoms with Crippen molar-refractivity contribution in [2.75, 3.05) is 5.75 Å². The number of thioether (sulfide) groups is 1. The van der Waals surface area contributed by atoms with Crippen LogP contribution in [0.1, 0.15) is 47.0 Å². The molecule has 2 aromatic rings. The Morgan fingerprint density at radius 1 is 1.21 bits per heavy atom. The number of hydrogen-bond donors (Lipinski definition) is 1. The minimum absolute atomic E-state index is 0.0155. The minimum Gasteiger partial charge on any atom is -0.468 e. The molecule has 5 nitrogen and oxygen atoms in total. The van der Waals surface area contributed by atoms with E-state index in [1.165, 1.54) is 24.9 Å². The van der Waals surface area contributed by atoms with Gasteiger partial charge in [0.2, 0.25) is 0 Å². The first-order valence-corrected chi connectivity index (χ1v) is 10.2. The molecule has 0 fully saturated rings. The third-order valence-electron chi connectivity index (χ3n) is 5.03. The van der Waals surface area contributed by atoms with Crippen LogP contribution in [0.2, 0.25) is 0 Å². The Labute approximate surface area is 174 Å². The normalized spacial score (nSPS) is 16.4. The zero-order chi connectivity index (χ0) is 21.1. The summed E-state index contributed by atoms with van der Waals surface area (Å²) in [6.07, 6.45) is 1.52. The van der Waals surface area contributed by atoms with Crippen LogP contribution in [0, 0.1) is 25.2 Å². The summed E-state index contributed by atoms with van der Waals surface area (Å²) in [7, 11) is 0. The summed E-state index contributed by atoms with van der Waals surface area (Å²) < 4.78 is 5.53. The topological polar surface area (TPSA) is 83.1 Å². The van der Waals surface area contributed by atoms with E-state index in [1.807, 2.05) is 32.0 Å². The van der Waals surface area contributed by atoms with Crippen molar-refractivity contribution in [3.63, 3.8) is 0 Å². The molecular formula is C23H22N2O3S. The zero-order valence-corrected chi connectivity index (χ0v) is 17.6. The maximum atomic E-state index is 12.7. The average molecular weight is 407 g/mol. The van der Waals surface area contributed by atoms with Crippen LogP contribution < -0.4 is 5.32 Å². The van der Waals surface area contributed by atoms with Crippen molar-refractivity contribution >= 4 is 23.3 Å². The average Bonchev–Trinajstić information content (AvgIpc) is 3.21. The van der Waals surface area contributed by atoms with Gasteiger partial charge in [-0.1, -0.05) is 23.9 Å². The smallest absolute Gasteiger partial charge is 0.173 e. The fourth-order valence-corrected chi connectivity index (χ4v) is 4.36. The molecule has 6 heteroatoms. The Kier molecular flexibility index (Phi) is 6.09. The van der Waals surface area contributed by atoms with E-state index in [9.17, 15) is 14.9 Å². The standard InChI is InChI=1S/C23H22N2O3S/c1-13-7-8-17(10-14(13)2)19(27)12-29-23-18(11-24)22(20-6-5-9-28-20)21(16(4)26)15(3)25-23/h5-10,22,25H,12H2,1-4H3. The molecular weight excluding hydrogens is 384 g/mol. The molecule has 29 heavy (non-hydrogen) atoms. The summed E-state index contributed by atoms with van der Waals surface area (Å²) in [6.45, 7) is 7.26. The molecule has 1 N–H and O–H groups in total. The van der Waals surface area contributed by atoms with Gasteiger partial charge in [-0.2, -0.15) is 5.26 Å². The highest BCUT2D eigenvalue weighted by molar-refractivity contribution is 8.03. The van der Waals surface area contributed by atoms with Gasteiger partial charge in [-0.05, 0) is 57.0 Å². The van der Waals surface area contributed by atoms with Gasteiger partial charge in [-0.25, -0.2) is 0 Å². The second kappa shape index (κ2) is 8.54. The number of dihydropyridines is 1. The van der Waals surface area contributed by atoms with Crippen LogP contribution in [-0.2, 0) is 4.79 Å². The molecule has 1 aliphatic heterocycles. The molecule has 0 radical (unpaired) electrons. The second-order valence-electron chi connectivity index (χ2n) is 7.03. The number of nitrogens with one attached hydrogen (secondary N) is 1. The highest BCUT2D eigenvalue weighted by Gasteiger charge is 2.34. The molecule has 2 heterocycles. The number of carbonyl (C=O) groups is 2. The first-order valence-electron chi connectivity index (χ1n) is 9.23. The predicted octanol–water partition coefficient (Wildman–Crippen LogP) is 4.80. The number of hydrogen-bond acceptors (Lipinski definition) is 6. The van der Waals surface area contributed by atoms with Crippen molar-refractivity contribution in [2.24, 2.45) is 0 Å². The Bertz CT molecular complexity index is 1070. The predicted molar refractivity (Wildman–Crippen MR) is 113 cm³/mol. The van der Waals surface area contributed by atoms with Crippen LogP contribution in [0.5, 0.6) is 0 Å². The number of carbonyl (C=O) groups excluding carboxylic acids is 2. The Hall–Kier alpha value is -3.04. The summed E-state index contributed by atoms with van der Waals surface area (Å²) >= 11 is 1.27. The van der Waals surface area contributed by atoms with E-state index in [0.717, 1.165) is 11.1 Å². The number of rotatable bonds is 6. The SMILES string of the molecule is CC(=O)C1=C(C)NC(SCC(=O)c2ccc(C)c(C)c2)=C(C#N)C1c1ccco1. The van der Waals surface area contributed by atoms with E-state index in [2.05, 4.69) is 11.4 Å². The summed E-state index contributed by atoms with van der Waals surface area (Å²) in [5.74, 6) is 0.000583. The first-order chi connectivity index (χ1) is 13.8. The maximum Gasteiger partial charge on any atom is 0.173 e. The second-order valence-corrected chi connectivity index (χ2v) is 8.02. The molecule has 1 aliphatic rings. The fourth-order valence-electron chi connectivity index (χ4n) is 3.37. The lowest BCUT2D eigenvalue weighted by Crippen LogP contribution is -2.27. The van der Waals surface area contributed by atoms with Gasteiger partial charge >= 0.3 is 0 Å². The number of aryl methyl sites for hydroxylation is 2. The van der Waals surface area contributed by atoms with Gasteiger partial charge in [0, 0.05) is 16.8 Å². The number of nitriles is 1. The van der Waals surface area contributed by atoms with Crippen molar-refractivity contribution in [3.8, 4) is 6.07 Å². The molecule has 0 saturated heterocycles. The number of nitrogens with zero attached hydrogens (tertiary/aromatic N) is 1. The van der Waals surface area contributed by atoms with Crippen LogP contribution >= 0.6 is 11.8 Å². The third-order valence-corrected chi connectivity index (χ3v) is 6.05. The van der Waals surface area contributed by atoms with E-state index >= 15 is 0 Å². The summed E-state index contributed by atoms with van der Waals surface area (Å²) in [6, 6.07) is 11.3. The molecule has 1 unspecified atom stereocenters. The van der Waals surface area contributed by atoms with Crippen LogP contribution in [-0.4, -0.2) is 17.3 Å². The largest absolute Gasteiger partial charge is 0.468 e. The molecule has 3 rings (SSSR count). The molecule has 0 amide bonds.